The number of nitrogens with one attached hydrogen (secondary N) is 2. The molecule has 86 valence electrons. The maximum absolute atomic E-state index is 11.6. The van der Waals surface area contributed by atoms with Gasteiger partial charge in [-0.1, -0.05) is 6.42 Å². The molecule has 2 rings (SSSR count). The minimum absolute atomic E-state index is 0.0693. The van der Waals surface area contributed by atoms with E-state index in [1.165, 1.54) is 19.3 Å². The molecular weight excluding hydrogens is 192 g/mol. The molecule has 1 unspecified atom stereocenters. The van der Waals surface area contributed by atoms with Gasteiger partial charge >= 0.3 is 0 Å². The quantitative estimate of drug-likeness (QED) is 0.713. The maximum Gasteiger partial charge on any atom is 0.249 e. The van der Waals surface area contributed by atoms with Gasteiger partial charge in [-0.3, -0.25) is 4.79 Å². The van der Waals surface area contributed by atoms with Crippen molar-refractivity contribution in [3.8, 4) is 0 Å². The summed E-state index contributed by atoms with van der Waals surface area (Å²) in [6.07, 6.45) is 5.41. The Labute approximate surface area is 90.8 Å². The summed E-state index contributed by atoms with van der Waals surface area (Å²) in [7, 11) is 0. The van der Waals surface area contributed by atoms with Crippen LogP contribution >= 0.6 is 0 Å². The number of carbonyl (C=O) groups excluding carboxylic acids is 1. The lowest BCUT2D eigenvalue weighted by molar-refractivity contribution is -0.130. The molecule has 2 fully saturated rings. The third-order valence-corrected chi connectivity index (χ3v) is 3.16. The van der Waals surface area contributed by atoms with Crippen molar-refractivity contribution in [1.82, 2.24) is 10.6 Å². The monoisotopic (exact) mass is 212 g/mol. The van der Waals surface area contributed by atoms with Crippen LogP contribution in [0.4, 0.5) is 0 Å². The van der Waals surface area contributed by atoms with Crippen molar-refractivity contribution in [3.63, 3.8) is 0 Å². The predicted octanol–water partition coefficient (Wildman–Crippen LogP) is 0.424. The predicted molar refractivity (Wildman–Crippen MR) is 57.6 cm³/mol. The minimum atomic E-state index is -0.186. The van der Waals surface area contributed by atoms with E-state index in [0.717, 1.165) is 32.5 Å². The molecule has 0 aromatic rings. The van der Waals surface area contributed by atoms with Crippen LogP contribution in [-0.4, -0.2) is 37.7 Å². The van der Waals surface area contributed by atoms with Crippen molar-refractivity contribution >= 4 is 5.91 Å². The summed E-state index contributed by atoms with van der Waals surface area (Å²) in [5, 5.41) is 6.38. The average Bonchev–Trinajstić information content (AvgIpc) is 2.81. The minimum Gasteiger partial charge on any atom is -0.368 e. The van der Waals surface area contributed by atoms with Crippen molar-refractivity contribution in [3.05, 3.63) is 0 Å². The lowest BCUT2D eigenvalue weighted by atomic mass is 10.1. The summed E-state index contributed by atoms with van der Waals surface area (Å²) in [5.74, 6) is 0.0693. The van der Waals surface area contributed by atoms with Crippen molar-refractivity contribution in [1.29, 1.82) is 0 Å². The number of rotatable bonds is 3. The van der Waals surface area contributed by atoms with Crippen LogP contribution in [0.15, 0.2) is 0 Å². The molecule has 1 amide bonds. The van der Waals surface area contributed by atoms with Gasteiger partial charge in [-0.2, -0.15) is 0 Å². The molecule has 2 saturated heterocycles. The molecule has 0 aliphatic carbocycles. The first-order chi connectivity index (χ1) is 7.36. The Kier molecular flexibility index (Phi) is 3.97. The Bertz CT molecular complexity index is 209. The Hall–Kier alpha value is -0.610. The number of hydrogen-bond donors (Lipinski definition) is 2. The zero-order valence-corrected chi connectivity index (χ0v) is 9.13. The fourth-order valence-corrected chi connectivity index (χ4v) is 2.22. The first-order valence-electron chi connectivity index (χ1n) is 5.99. The first kappa shape index (κ1) is 10.9. The molecule has 2 atom stereocenters. The third-order valence-electron chi connectivity index (χ3n) is 3.16. The van der Waals surface area contributed by atoms with E-state index in [1.54, 1.807) is 0 Å². The van der Waals surface area contributed by atoms with Crippen LogP contribution < -0.4 is 10.6 Å². The van der Waals surface area contributed by atoms with E-state index in [9.17, 15) is 4.79 Å². The molecule has 2 N–H and O–H groups in total. The Morgan fingerprint density at radius 1 is 1.33 bits per heavy atom. The van der Waals surface area contributed by atoms with E-state index in [0.29, 0.717) is 6.04 Å². The zero-order chi connectivity index (χ0) is 10.5. The Morgan fingerprint density at radius 2 is 2.27 bits per heavy atom. The van der Waals surface area contributed by atoms with Crippen molar-refractivity contribution in [2.24, 2.45) is 0 Å². The highest BCUT2D eigenvalue weighted by Gasteiger charge is 2.24. The average molecular weight is 212 g/mol. The van der Waals surface area contributed by atoms with Gasteiger partial charge in [-0.25, -0.2) is 0 Å². The second-order valence-corrected chi connectivity index (χ2v) is 4.39. The van der Waals surface area contributed by atoms with Crippen molar-refractivity contribution in [2.75, 3.05) is 19.7 Å². The molecule has 4 heteroatoms. The van der Waals surface area contributed by atoms with Gasteiger partial charge in [0.15, 0.2) is 0 Å². The molecule has 0 radical (unpaired) electrons. The summed E-state index contributed by atoms with van der Waals surface area (Å²) in [6.45, 7) is 2.57. The number of carbonyl (C=O) groups is 1. The largest absolute Gasteiger partial charge is 0.368 e. The molecule has 0 bridgehead atoms. The molecule has 0 saturated carbocycles. The fraction of sp³-hybridized carbons (Fsp3) is 0.909. The molecule has 0 aromatic heterocycles. The molecule has 4 nitrogen and oxygen atoms in total. The number of amides is 1. The number of hydrogen-bond acceptors (Lipinski definition) is 3. The molecule has 2 aliphatic rings. The first-order valence-corrected chi connectivity index (χ1v) is 5.99. The van der Waals surface area contributed by atoms with Crippen LogP contribution in [0.3, 0.4) is 0 Å². The smallest absolute Gasteiger partial charge is 0.249 e. The second kappa shape index (κ2) is 5.47. The highest BCUT2D eigenvalue weighted by molar-refractivity contribution is 5.80. The Morgan fingerprint density at radius 3 is 2.93 bits per heavy atom. The zero-order valence-electron chi connectivity index (χ0n) is 9.13. The van der Waals surface area contributed by atoms with Gasteiger partial charge in [0.05, 0.1) is 0 Å². The van der Waals surface area contributed by atoms with Gasteiger partial charge in [-0.15, -0.1) is 0 Å². The van der Waals surface area contributed by atoms with E-state index >= 15 is 0 Å². The van der Waals surface area contributed by atoms with Crippen LogP contribution in [0.1, 0.15) is 32.1 Å². The van der Waals surface area contributed by atoms with Gasteiger partial charge in [0, 0.05) is 19.2 Å². The molecule has 2 heterocycles. The SMILES string of the molecule is O=C(NCC1CCCCN1)[C@@H]1CCCO1. The Balaban J connectivity index is 1.65. The van der Waals surface area contributed by atoms with Gasteiger partial charge in [0.25, 0.3) is 0 Å². The number of piperidine rings is 1. The highest BCUT2D eigenvalue weighted by atomic mass is 16.5. The summed E-state index contributed by atoms with van der Waals surface area (Å²) in [6, 6.07) is 0.462. The molecule has 15 heavy (non-hydrogen) atoms. The molecule has 0 aromatic carbocycles. The van der Waals surface area contributed by atoms with E-state index in [2.05, 4.69) is 10.6 Å². The summed E-state index contributed by atoms with van der Waals surface area (Å²) >= 11 is 0. The topological polar surface area (TPSA) is 50.4 Å². The van der Waals surface area contributed by atoms with Gasteiger partial charge < -0.3 is 15.4 Å². The summed E-state index contributed by atoms with van der Waals surface area (Å²) < 4.78 is 5.32. The molecular formula is C11H20N2O2. The van der Waals surface area contributed by atoms with Crippen LogP contribution in [0.5, 0.6) is 0 Å². The second-order valence-electron chi connectivity index (χ2n) is 4.39. The lowest BCUT2D eigenvalue weighted by Gasteiger charge is -2.24. The maximum atomic E-state index is 11.6. The van der Waals surface area contributed by atoms with Gasteiger partial charge in [-0.05, 0) is 32.2 Å². The summed E-state index contributed by atoms with van der Waals surface area (Å²) in [4.78, 5) is 11.6. The fourth-order valence-electron chi connectivity index (χ4n) is 2.22. The van der Waals surface area contributed by atoms with Crippen LogP contribution in [0.25, 0.3) is 0 Å². The van der Waals surface area contributed by atoms with E-state index < -0.39 is 0 Å². The van der Waals surface area contributed by atoms with Gasteiger partial charge in [0.1, 0.15) is 6.10 Å². The van der Waals surface area contributed by atoms with Crippen LogP contribution in [0, 0.1) is 0 Å². The van der Waals surface area contributed by atoms with Crippen LogP contribution in [-0.2, 0) is 9.53 Å². The van der Waals surface area contributed by atoms with E-state index in [4.69, 9.17) is 4.74 Å². The lowest BCUT2D eigenvalue weighted by Crippen LogP contribution is -2.45. The van der Waals surface area contributed by atoms with Crippen molar-refractivity contribution < 1.29 is 9.53 Å². The van der Waals surface area contributed by atoms with Gasteiger partial charge in [0.2, 0.25) is 5.91 Å². The highest BCUT2D eigenvalue weighted by Crippen LogP contribution is 2.12. The van der Waals surface area contributed by atoms with E-state index in [1.807, 2.05) is 0 Å². The normalized spacial score (nSPS) is 31.5. The standard InChI is InChI=1S/C11H20N2O2/c14-11(10-5-3-7-15-10)13-8-9-4-1-2-6-12-9/h9-10,12H,1-8H2,(H,13,14)/t9?,10-/m0/s1. The van der Waals surface area contributed by atoms with Crippen molar-refractivity contribution in [2.45, 2.75) is 44.2 Å². The van der Waals surface area contributed by atoms with Crippen LogP contribution in [0.2, 0.25) is 0 Å². The summed E-state index contributed by atoms with van der Waals surface area (Å²) in [5.41, 5.74) is 0. The third kappa shape index (κ3) is 3.18. The molecule has 2 aliphatic heterocycles. The van der Waals surface area contributed by atoms with E-state index in [-0.39, 0.29) is 12.0 Å². The number of ether oxygens (including phenoxy) is 1. The molecule has 0 spiro atoms.